The van der Waals surface area contributed by atoms with Crippen molar-refractivity contribution in [2.24, 2.45) is 0 Å². The molecule has 2 amide bonds. The SMILES string of the molecule is O=C(CSc1ccccn1)N1CCn2nc(C(=O)N3CCCC3)cc2C1. The lowest BCUT2D eigenvalue weighted by atomic mass is 10.2. The zero-order chi connectivity index (χ0) is 17.9. The van der Waals surface area contributed by atoms with Gasteiger partial charge in [-0.15, -0.1) is 0 Å². The van der Waals surface area contributed by atoms with Crippen LogP contribution in [0, 0.1) is 0 Å². The summed E-state index contributed by atoms with van der Waals surface area (Å²) in [5, 5.41) is 5.30. The molecule has 0 aliphatic carbocycles. The van der Waals surface area contributed by atoms with E-state index in [4.69, 9.17) is 0 Å². The van der Waals surface area contributed by atoms with Gasteiger partial charge in [-0.2, -0.15) is 5.10 Å². The predicted molar refractivity (Wildman–Crippen MR) is 97.7 cm³/mol. The largest absolute Gasteiger partial charge is 0.337 e. The number of pyridine rings is 1. The Hall–Kier alpha value is -2.35. The minimum absolute atomic E-state index is 0.00739. The molecule has 2 aliphatic rings. The van der Waals surface area contributed by atoms with E-state index in [1.807, 2.05) is 38.7 Å². The van der Waals surface area contributed by atoms with Gasteiger partial charge in [-0.3, -0.25) is 14.3 Å². The van der Waals surface area contributed by atoms with Gasteiger partial charge in [-0.25, -0.2) is 4.98 Å². The van der Waals surface area contributed by atoms with Crippen LogP contribution in [0.3, 0.4) is 0 Å². The number of hydrogen-bond acceptors (Lipinski definition) is 5. The fourth-order valence-corrected chi connectivity index (χ4v) is 4.09. The third-order valence-corrected chi connectivity index (χ3v) is 5.67. The summed E-state index contributed by atoms with van der Waals surface area (Å²) in [5.41, 5.74) is 1.43. The highest BCUT2D eigenvalue weighted by Crippen LogP contribution is 2.19. The van der Waals surface area contributed by atoms with Crippen LogP contribution in [0.2, 0.25) is 0 Å². The molecule has 8 heteroatoms. The zero-order valence-electron chi connectivity index (χ0n) is 14.5. The molecule has 0 radical (unpaired) electrons. The molecule has 0 saturated carbocycles. The fraction of sp³-hybridized carbons (Fsp3) is 0.444. The maximum absolute atomic E-state index is 12.5. The van der Waals surface area contributed by atoms with Gasteiger partial charge in [-0.1, -0.05) is 17.8 Å². The highest BCUT2D eigenvalue weighted by atomic mass is 32.2. The van der Waals surface area contributed by atoms with Crippen molar-refractivity contribution in [3.05, 3.63) is 41.9 Å². The van der Waals surface area contributed by atoms with Crippen molar-refractivity contribution in [3.8, 4) is 0 Å². The van der Waals surface area contributed by atoms with Crippen LogP contribution >= 0.6 is 11.8 Å². The van der Waals surface area contributed by atoms with Crippen LogP contribution in [0.25, 0.3) is 0 Å². The van der Waals surface area contributed by atoms with Crippen LogP contribution in [0.5, 0.6) is 0 Å². The molecule has 0 atom stereocenters. The van der Waals surface area contributed by atoms with E-state index in [1.54, 1.807) is 6.20 Å². The molecular weight excluding hydrogens is 350 g/mol. The van der Waals surface area contributed by atoms with Gasteiger partial charge in [0.05, 0.1) is 29.6 Å². The number of nitrogens with zero attached hydrogens (tertiary/aromatic N) is 5. The van der Waals surface area contributed by atoms with Crippen LogP contribution in [0.4, 0.5) is 0 Å². The van der Waals surface area contributed by atoms with Gasteiger partial charge in [-0.05, 0) is 31.0 Å². The maximum Gasteiger partial charge on any atom is 0.274 e. The molecule has 136 valence electrons. The Morgan fingerprint density at radius 3 is 2.69 bits per heavy atom. The van der Waals surface area contributed by atoms with Crippen molar-refractivity contribution in [2.45, 2.75) is 31.0 Å². The lowest BCUT2D eigenvalue weighted by Gasteiger charge is -2.27. The van der Waals surface area contributed by atoms with Crippen LogP contribution in [0.1, 0.15) is 29.0 Å². The lowest BCUT2D eigenvalue weighted by Crippen LogP contribution is -2.39. The molecule has 7 nitrogen and oxygen atoms in total. The molecule has 26 heavy (non-hydrogen) atoms. The number of aromatic nitrogens is 3. The second-order valence-electron chi connectivity index (χ2n) is 6.52. The molecule has 4 rings (SSSR count). The van der Waals surface area contributed by atoms with Crippen molar-refractivity contribution in [1.82, 2.24) is 24.6 Å². The Kier molecular flexibility index (Phi) is 4.92. The average Bonchev–Trinajstić information content (AvgIpc) is 3.35. The Morgan fingerprint density at radius 1 is 1.08 bits per heavy atom. The number of thioether (sulfide) groups is 1. The van der Waals surface area contributed by atoms with E-state index in [-0.39, 0.29) is 11.8 Å². The van der Waals surface area contributed by atoms with Gasteiger partial charge in [0.25, 0.3) is 5.91 Å². The second-order valence-corrected chi connectivity index (χ2v) is 7.51. The minimum Gasteiger partial charge on any atom is -0.337 e. The monoisotopic (exact) mass is 371 g/mol. The summed E-state index contributed by atoms with van der Waals surface area (Å²) in [5.74, 6) is 0.457. The Bertz CT molecular complexity index is 801. The maximum atomic E-state index is 12.5. The molecular formula is C18H21N5O2S. The number of carbonyl (C=O) groups excluding carboxylic acids is 2. The van der Waals surface area contributed by atoms with Crippen molar-refractivity contribution >= 4 is 23.6 Å². The summed E-state index contributed by atoms with van der Waals surface area (Å²) in [6.45, 7) is 3.38. The molecule has 0 bridgehead atoms. The molecule has 0 aromatic carbocycles. The van der Waals surface area contributed by atoms with E-state index in [1.165, 1.54) is 11.8 Å². The molecule has 0 N–H and O–H groups in total. The number of hydrogen-bond donors (Lipinski definition) is 0. The first-order valence-electron chi connectivity index (χ1n) is 8.88. The van der Waals surface area contributed by atoms with E-state index >= 15 is 0 Å². The number of fused-ring (bicyclic) bond motifs is 1. The van der Waals surface area contributed by atoms with Crippen molar-refractivity contribution in [3.63, 3.8) is 0 Å². The quantitative estimate of drug-likeness (QED) is 0.764. The van der Waals surface area contributed by atoms with Crippen LogP contribution in [-0.2, 0) is 17.9 Å². The number of likely N-dealkylation sites (tertiary alicyclic amines) is 1. The second kappa shape index (κ2) is 7.49. The van der Waals surface area contributed by atoms with Crippen molar-refractivity contribution < 1.29 is 9.59 Å². The number of carbonyl (C=O) groups is 2. The van der Waals surface area contributed by atoms with Crippen molar-refractivity contribution in [1.29, 1.82) is 0 Å². The minimum atomic E-state index is 0.00739. The highest BCUT2D eigenvalue weighted by molar-refractivity contribution is 7.99. The van der Waals surface area contributed by atoms with Crippen LogP contribution < -0.4 is 0 Å². The smallest absolute Gasteiger partial charge is 0.274 e. The highest BCUT2D eigenvalue weighted by Gasteiger charge is 2.26. The van der Waals surface area contributed by atoms with Gasteiger partial charge >= 0.3 is 0 Å². The third-order valence-electron chi connectivity index (χ3n) is 4.74. The van der Waals surface area contributed by atoms with Crippen molar-refractivity contribution in [2.75, 3.05) is 25.4 Å². The third kappa shape index (κ3) is 3.60. The summed E-state index contributed by atoms with van der Waals surface area (Å²) < 4.78 is 1.86. The van der Waals surface area contributed by atoms with Gasteiger partial charge in [0, 0.05) is 25.8 Å². The summed E-state index contributed by atoms with van der Waals surface area (Å²) in [6, 6.07) is 7.52. The van der Waals surface area contributed by atoms with E-state index in [9.17, 15) is 9.59 Å². The Labute approximate surface area is 156 Å². The molecule has 0 unspecified atom stereocenters. The van der Waals surface area contributed by atoms with Crippen LogP contribution in [0.15, 0.2) is 35.5 Å². The first-order valence-corrected chi connectivity index (χ1v) is 9.87. The summed E-state index contributed by atoms with van der Waals surface area (Å²) in [6.07, 6.45) is 3.86. The average molecular weight is 371 g/mol. The van der Waals surface area contributed by atoms with Gasteiger partial charge < -0.3 is 9.80 Å². The van der Waals surface area contributed by atoms with E-state index in [2.05, 4.69) is 10.1 Å². The van der Waals surface area contributed by atoms with E-state index in [0.29, 0.717) is 31.1 Å². The van der Waals surface area contributed by atoms with E-state index in [0.717, 1.165) is 36.7 Å². The van der Waals surface area contributed by atoms with Gasteiger partial charge in [0.2, 0.25) is 5.91 Å². The standard InChI is InChI=1S/C18H21N5O2S/c24-17(13-26-16-5-1-2-6-19-16)22-9-10-23-14(12-22)11-15(20-23)18(25)21-7-3-4-8-21/h1-2,5-6,11H,3-4,7-10,12-13H2. The summed E-state index contributed by atoms with van der Waals surface area (Å²) >= 11 is 1.44. The molecule has 2 aromatic rings. The normalized spacial score (nSPS) is 16.6. The molecule has 1 fully saturated rings. The molecule has 0 spiro atoms. The van der Waals surface area contributed by atoms with Gasteiger partial charge in [0.1, 0.15) is 0 Å². The predicted octanol–water partition coefficient (Wildman–Crippen LogP) is 1.65. The summed E-state index contributed by atoms with van der Waals surface area (Å²) in [4.78, 5) is 32.9. The van der Waals surface area contributed by atoms with Crippen LogP contribution in [-0.4, -0.2) is 61.8 Å². The number of rotatable bonds is 4. The van der Waals surface area contributed by atoms with Gasteiger partial charge in [0.15, 0.2) is 5.69 Å². The summed E-state index contributed by atoms with van der Waals surface area (Å²) in [7, 11) is 0. The molecule has 4 heterocycles. The Morgan fingerprint density at radius 2 is 1.92 bits per heavy atom. The topological polar surface area (TPSA) is 71.3 Å². The first kappa shape index (κ1) is 17.1. The molecule has 2 aliphatic heterocycles. The Balaban J connectivity index is 1.38. The lowest BCUT2D eigenvalue weighted by molar-refractivity contribution is -0.129. The van der Waals surface area contributed by atoms with E-state index < -0.39 is 0 Å². The number of amides is 2. The first-order chi connectivity index (χ1) is 12.7. The zero-order valence-corrected chi connectivity index (χ0v) is 15.3. The molecule has 1 saturated heterocycles. The fourth-order valence-electron chi connectivity index (χ4n) is 3.33. The molecule has 2 aromatic heterocycles.